The standard InChI is InChI=1S/C20H19FN2O2S/c1-3-6-17-18(13-9-11-14(21)12-10-13)22-20(26-17)23-19(24)15-7-4-5-8-16(15)25-2/h4-5,7-12H,3,6H2,1-2H3,(H,22,23,24). The van der Waals surface area contributed by atoms with Crippen LogP contribution in [-0.2, 0) is 6.42 Å². The third-order valence-electron chi connectivity index (χ3n) is 3.86. The molecule has 4 nitrogen and oxygen atoms in total. The van der Waals surface area contributed by atoms with Crippen molar-refractivity contribution in [1.29, 1.82) is 0 Å². The number of halogens is 1. The van der Waals surface area contributed by atoms with Gasteiger partial charge in [-0.1, -0.05) is 25.5 Å². The molecule has 1 heterocycles. The Morgan fingerprint density at radius 1 is 1.19 bits per heavy atom. The molecule has 1 N–H and O–H groups in total. The first-order valence-electron chi connectivity index (χ1n) is 8.32. The summed E-state index contributed by atoms with van der Waals surface area (Å²) in [7, 11) is 1.53. The quantitative estimate of drug-likeness (QED) is 0.652. The highest BCUT2D eigenvalue weighted by Gasteiger charge is 2.17. The van der Waals surface area contributed by atoms with Crippen LogP contribution in [0.1, 0.15) is 28.6 Å². The topological polar surface area (TPSA) is 51.2 Å². The number of aryl methyl sites for hydroxylation is 1. The van der Waals surface area contributed by atoms with Gasteiger partial charge in [0.05, 0.1) is 18.4 Å². The molecule has 0 unspecified atom stereocenters. The van der Waals surface area contributed by atoms with Crippen LogP contribution in [0.4, 0.5) is 9.52 Å². The third kappa shape index (κ3) is 3.91. The summed E-state index contributed by atoms with van der Waals surface area (Å²) < 4.78 is 18.4. The van der Waals surface area contributed by atoms with E-state index in [1.54, 1.807) is 30.3 Å². The van der Waals surface area contributed by atoms with Gasteiger partial charge in [-0.05, 0) is 42.8 Å². The zero-order valence-corrected chi connectivity index (χ0v) is 15.4. The molecule has 1 amide bonds. The summed E-state index contributed by atoms with van der Waals surface area (Å²) in [5.74, 6) is -0.0512. The minimum atomic E-state index is -0.286. The Labute approximate surface area is 155 Å². The fourth-order valence-electron chi connectivity index (χ4n) is 2.63. The van der Waals surface area contributed by atoms with E-state index in [2.05, 4.69) is 17.2 Å². The molecule has 26 heavy (non-hydrogen) atoms. The zero-order chi connectivity index (χ0) is 18.5. The lowest BCUT2D eigenvalue weighted by molar-refractivity contribution is 0.102. The number of aromatic nitrogens is 1. The number of amides is 1. The molecule has 0 aliphatic rings. The SMILES string of the molecule is CCCc1sc(NC(=O)c2ccccc2OC)nc1-c1ccc(F)cc1. The van der Waals surface area contributed by atoms with Crippen molar-refractivity contribution in [3.63, 3.8) is 0 Å². The molecule has 3 rings (SSSR count). The van der Waals surface area contributed by atoms with Crippen molar-refractivity contribution >= 4 is 22.4 Å². The third-order valence-corrected chi connectivity index (χ3v) is 4.89. The summed E-state index contributed by atoms with van der Waals surface area (Å²) in [6, 6.07) is 13.3. The molecular weight excluding hydrogens is 351 g/mol. The number of ether oxygens (including phenoxy) is 1. The van der Waals surface area contributed by atoms with Crippen molar-refractivity contribution in [3.8, 4) is 17.0 Å². The van der Waals surface area contributed by atoms with Crippen molar-refractivity contribution < 1.29 is 13.9 Å². The van der Waals surface area contributed by atoms with Crippen molar-refractivity contribution in [2.75, 3.05) is 12.4 Å². The predicted molar refractivity (Wildman–Crippen MR) is 102 cm³/mol. The van der Waals surface area contributed by atoms with Gasteiger partial charge in [-0.15, -0.1) is 11.3 Å². The maximum absolute atomic E-state index is 13.2. The number of thiazole rings is 1. The van der Waals surface area contributed by atoms with E-state index in [9.17, 15) is 9.18 Å². The highest BCUT2D eigenvalue weighted by molar-refractivity contribution is 7.16. The molecule has 0 radical (unpaired) electrons. The van der Waals surface area contributed by atoms with Gasteiger partial charge in [-0.2, -0.15) is 0 Å². The molecule has 0 spiro atoms. The Kier molecular flexibility index (Phi) is 5.63. The number of rotatable bonds is 6. The van der Waals surface area contributed by atoms with Crippen LogP contribution in [0.25, 0.3) is 11.3 Å². The Morgan fingerprint density at radius 3 is 2.62 bits per heavy atom. The lowest BCUT2D eigenvalue weighted by Gasteiger charge is -2.07. The van der Waals surface area contributed by atoms with Crippen molar-refractivity contribution in [1.82, 2.24) is 4.98 Å². The number of carbonyl (C=O) groups excluding carboxylic acids is 1. The van der Waals surface area contributed by atoms with Crippen LogP contribution >= 0.6 is 11.3 Å². The highest BCUT2D eigenvalue weighted by atomic mass is 32.1. The summed E-state index contributed by atoms with van der Waals surface area (Å²) in [6.07, 6.45) is 1.80. The average molecular weight is 370 g/mol. The maximum atomic E-state index is 13.2. The van der Waals surface area contributed by atoms with Crippen LogP contribution < -0.4 is 10.1 Å². The number of carbonyl (C=O) groups is 1. The lowest BCUT2D eigenvalue weighted by Crippen LogP contribution is -2.12. The normalized spacial score (nSPS) is 10.6. The number of nitrogens with one attached hydrogen (secondary N) is 1. The van der Waals surface area contributed by atoms with Crippen LogP contribution in [0.2, 0.25) is 0 Å². The molecular formula is C20H19FN2O2S. The van der Waals surface area contributed by atoms with E-state index in [0.29, 0.717) is 16.4 Å². The largest absolute Gasteiger partial charge is 0.496 e. The Morgan fingerprint density at radius 2 is 1.92 bits per heavy atom. The predicted octanol–water partition coefficient (Wildman–Crippen LogP) is 5.16. The minimum absolute atomic E-state index is 0.273. The van der Waals surface area contributed by atoms with Crippen LogP contribution in [-0.4, -0.2) is 18.0 Å². The molecule has 3 aromatic rings. The Hall–Kier alpha value is -2.73. The maximum Gasteiger partial charge on any atom is 0.261 e. The van der Waals surface area contributed by atoms with E-state index in [1.165, 1.54) is 30.6 Å². The van der Waals surface area contributed by atoms with Gasteiger partial charge in [0.1, 0.15) is 11.6 Å². The molecule has 0 bridgehead atoms. The van der Waals surface area contributed by atoms with Crippen molar-refractivity contribution in [2.24, 2.45) is 0 Å². The summed E-state index contributed by atoms with van der Waals surface area (Å²) in [5.41, 5.74) is 2.07. The van der Waals surface area contributed by atoms with Gasteiger partial charge in [0.2, 0.25) is 0 Å². The Bertz CT molecular complexity index is 906. The van der Waals surface area contributed by atoms with Gasteiger partial charge < -0.3 is 4.74 Å². The second-order valence-corrected chi connectivity index (χ2v) is 6.79. The molecule has 0 fully saturated rings. The summed E-state index contributed by atoms with van der Waals surface area (Å²) in [6.45, 7) is 2.08. The Balaban J connectivity index is 1.90. The monoisotopic (exact) mass is 370 g/mol. The number of anilines is 1. The molecule has 0 saturated carbocycles. The molecule has 134 valence electrons. The van der Waals surface area contributed by atoms with E-state index in [4.69, 9.17) is 4.74 Å². The first-order valence-corrected chi connectivity index (χ1v) is 9.14. The fourth-order valence-corrected chi connectivity index (χ4v) is 3.71. The number of nitrogens with zero attached hydrogens (tertiary/aromatic N) is 1. The van der Waals surface area contributed by atoms with E-state index in [1.807, 2.05) is 6.07 Å². The van der Waals surface area contributed by atoms with Crippen LogP contribution in [0, 0.1) is 5.82 Å². The fraction of sp³-hybridized carbons (Fsp3) is 0.200. The summed E-state index contributed by atoms with van der Waals surface area (Å²) >= 11 is 1.44. The number of methoxy groups -OCH3 is 1. The zero-order valence-electron chi connectivity index (χ0n) is 14.6. The number of hydrogen-bond acceptors (Lipinski definition) is 4. The lowest BCUT2D eigenvalue weighted by atomic mass is 10.1. The van der Waals surface area contributed by atoms with Gasteiger partial charge in [0.25, 0.3) is 5.91 Å². The van der Waals surface area contributed by atoms with E-state index >= 15 is 0 Å². The minimum Gasteiger partial charge on any atom is -0.496 e. The molecule has 2 aromatic carbocycles. The van der Waals surface area contributed by atoms with E-state index < -0.39 is 0 Å². The van der Waals surface area contributed by atoms with E-state index in [-0.39, 0.29) is 11.7 Å². The number of hydrogen-bond donors (Lipinski definition) is 1. The summed E-state index contributed by atoms with van der Waals surface area (Å²) in [5, 5.41) is 3.36. The van der Waals surface area contributed by atoms with Gasteiger partial charge in [0, 0.05) is 10.4 Å². The van der Waals surface area contributed by atoms with Gasteiger partial charge >= 0.3 is 0 Å². The van der Waals surface area contributed by atoms with Crippen LogP contribution in [0.5, 0.6) is 5.75 Å². The second-order valence-electron chi connectivity index (χ2n) is 5.70. The second kappa shape index (κ2) is 8.10. The number of para-hydroxylation sites is 1. The first-order chi connectivity index (χ1) is 12.6. The molecule has 1 aromatic heterocycles. The first kappa shape index (κ1) is 18.1. The van der Waals surface area contributed by atoms with Gasteiger partial charge in [-0.3, -0.25) is 10.1 Å². The molecule has 0 aliphatic heterocycles. The molecule has 6 heteroatoms. The van der Waals surface area contributed by atoms with Crippen molar-refractivity contribution in [3.05, 3.63) is 64.8 Å². The van der Waals surface area contributed by atoms with Crippen molar-refractivity contribution in [2.45, 2.75) is 19.8 Å². The molecule has 0 atom stereocenters. The number of benzene rings is 2. The molecule has 0 saturated heterocycles. The smallest absolute Gasteiger partial charge is 0.261 e. The molecule has 0 aliphatic carbocycles. The van der Waals surface area contributed by atoms with Crippen LogP contribution in [0.15, 0.2) is 48.5 Å². The van der Waals surface area contributed by atoms with Crippen LogP contribution in [0.3, 0.4) is 0 Å². The summed E-state index contributed by atoms with van der Waals surface area (Å²) in [4.78, 5) is 18.2. The van der Waals surface area contributed by atoms with E-state index in [0.717, 1.165) is 29.0 Å². The average Bonchev–Trinajstić information content (AvgIpc) is 3.05. The van der Waals surface area contributed by atoms with Gasteiger partial charge in [0.15, 0.2) is 5.13 Å². The highest BCUT2D eigenvalue weighted by Crippen LogP contribution is 2.33. The van der Waals surface area contributed by atoms with Gasteiger partial charge in [-0.25, -0.2) is 9.37 Å².